The van der Waals surface area contributed by atoms with Crippen molar-refractivity contribution in [3.63, 3.8) is 0 Å². The molecule has 2 nitrogen and oxygen atoms in total. The second-order valence-corrected chi connectivity index (χ2v) is 2.81. The fourth-order valence-corrected chi connectivity index (χ4v) is 1.14. The van der Waals surface area contributed by atoms with Crippen molar-refractivity contribution >= 4 is 0 Å². The Morgan fingerprint density at radius 1 is 1.31 bits per heavy atom. The van der Waals surface area contributed by atoms with E-state index in [-0.39, 0.29) is 5.82 Å². The molecule has 0 spiro atoms. The smallest absolute Gasteiger partial charge is 0.123 e. The Balaban J connectivity index is 2.76. The van der Waals surface area contributed by atoms with Gasteiger partial charge in [-0.15, -0.1) is 0 Å². The first-order valence-electron chi connectivity index (χ1n) is 4.32. The number of halogens is 1. The lowest BCUT2D eigenvalue weighted by molar-refractivity contribution is 0.134. The van der Waals surface area contributed by atoms with Gasteiger partial charge in [-0.25, -0.2) is 4.39 Å². The molecule has 1 aromatic rings. The minimum absolute atomic E-state index is 0.252. The molecule has 3 heteroatoms. The molecule has 13 heavy (non-hydrogen) atoms. The lowest BCUT2D eigenvalue weighted by atomic mass is 10.1. The van der Waals surface area contributed by atoms with Gasteiger partial charge in [-0.1, -0.05) is 6.07 Å². The fraction of sp³-hybridized carbons (Fsp3) is 0.400. The Morgan fingerprint density at radius 2 is 2.00 bits per heavy atom. The number of rotatable bonds is 4. The molecule has 72 valence electrons. The summed E-state index contributed by atoms with van der Waals surface area (Å²) in [6.45, 7) is 3.34. The van der Waals surface area contributed by atoms with Crippen LogP contribution in [-0.4, -0.2) is 6.61 Å². The van der Waals surface area contributed by atoms with Gasteiger partial charge in [0, 0.05) is 13.2 Å². The van der Waals surface area contributed by atoms with Crippen LogP contribution in [-0.2, 0) is 17.9 Å². The largest absolute Gasteiger partial charge is 0.377 e. The number of hydrogen-bond acceptors (Lipinski definition) is 2. The molecule has 0 bridgehead atoms. The van der Waals surface area contributed by atoms with Crippen LogP contribution >= 0.6 is 0 Å². The molecule has 0 radical (unpaired) electrons. The summed E-state index contributed by atoms with van der Waals surface area (Å²) in [7, 11) is 0. The molecule has 0 aliphatic rings. The lowest BCUT2D eigenvalue weighted by Crippen LogP contribution is -2.00. The topological polar surface area (TPSA) is 35.2 Å². The van der Waals surface area contributed by atoms with Crippen LogP contribution in [0.3, 0.4) is 0 Å². The summed E-state index contributed by atoms with van der Waals surface area (Å²) in [6, 6.07) is 4.77. The van der Waals surface area contributed by atoms with Gasteiger partial charge in [0.25, 0.3) is 0 Å². The molecule has 1 rings (SSSR count). The molecule has 2 N–H and O–H groups in total. The minimum atomic E-state index is -0.252. The van der Waals surface area contributed by atoms with Gasteiger partial charge in [0.15, 0.2) is 0 Å². The zero-order chi connectivity index (χ0) is 9.68. The Kier molecular flexibility index (Phi) is 3.86. The molecule has 0 atom stereocenters. The highest BCUT2D eigenvalue weighted by molar-refractivity contribution is 5.24. The summed E-state index contributed by atoms with van der Waals surface area (Å²) < 4.78 is 18.1. The zero-order valence-corrected chi connectivity index (χ0v) is 7.72. The second kappa shape index (κ2) is 4.94. The Morgan fingerprint density at radius 3 is 2.62 bits per heavy atom. The van der Waals surface area contributed by atoms with E-state index in [4.69, 9.17) is 10.5 Å². The van der Waals surface area contributed by atoms with Crippen LogP contribution in [0.2, 0.25) is 0 Å². The van der Waals surface area contributed by atoms with Crippen molar-refractivity contribution in [2.45, 2.75) is 20.1 Å². The second-order valence-electron chi connectivity index (χ2n) is 2.81. The van der Waals surface area contributed by atoms with E-state index in [1.807, 2.05) is 13.0 Å². The molecular weight excluding hydrogens is 169 g/mol. The van der Waals surface area contributed by atoms with Crippen molar-refractivity contribution in [2.75, 3.05) is 6.61 Å². The summed E-state index contributed by atoms with van der Waals surface area (Å²) in [6.07, 6.45) is 0. The summed E-state index contributed by atoms with van der Waals surface area (Å²) in [5.41, 5.74) is 7.04. The molecule has 1 aromatic carbocycles. The first kappa shape index (κ1) is 10.2. The first-order valence-corrected chi connectivity index (χ1v) is 4.32. The summed E-state index contributed by atoms with van der Waals surface area (Å²) >= 11 is 0. The maximum Gasteiger partial charge on any atom is 0.123 e. The Labute approximate surface area is 77.5 Å². The van der Waals surface area contributed by atoms with Crippen molar-refractivity contribution in [3.05, 3.63) is 35.1 Å². The average Bonchev–Trinajstić information content (AvgIpc) is 2.14. The van der Waals surface area contributed by atoms with Crippen LogP contribution in [0.25, 0.3) is 0 Å². The lowest BCUT2D eigenvalue weighted by Gasteiger charge is -2.04. The summed E-state index contributed by atoms with van der Waals surface area (Å²) in [5.74, 6) is -0.252. The van der Waals surface area contributed by atoms with E-state index in [1.54, 1.807) is 0 Å². The number of nitrogens with two attached hydrogens (primary N) is 1. The van der Waals surface area contributed by atoms with Crippen LogP contribution in [0.4, 0.5) is 4.39 Å². The van der Waals surface area contributed by atoms with Crippen molar-refractivity contribution in [3.8, 4) is 0 Å². The highest BCUT2D eigenvalue weighted by Crippen LogP contribution is 2.09. The third-order valence-electron chi connectivity index (χ3n) is 1.73. The predicted octanol–water partition coefficient (Wildman–Crippen LogP) is 1.82. The molecular formula is C10H14FNO. The molecule has 0 unspecified atom stereocenters. The molecule has 0 aromatic heterocycles. The zero-order valence-electron chi connectivity index (χ0n) is 7.72. The van der Waals surface area contributed by atoms with E-state index in [0.29, 0.717) is 19.8 Å². The number of ether oxygens (including phenoxy) is 1. The average molecular weight is 183 g/mol. The van der Waals surface area contributed by atoms with Crippen LogP contribution in [0.1, 0.15) is 18.1 Å². The monoisotopic (exact) mass is 183 g/mol. The van der Waals surface area contributed by atoms with Crippen molar-refractivity contribution in [1.29, 1.82) is 0 Å². The van der Waals surface area contributed by atoms with Crippen molar-refractivity contribution < 1.29 is 9.13 Å². The standard InChI is InChI=1S/C10H14FNO/c1-2-13-7-9-3-8(6-12)4-10(11)5-9/h3-5H,2,6-7,12H2,1H3. The highest BCUT2D eigenvalue weighted by Gasteiger charge is 1.99. The van der Waals surface area contributed by atoms with Gasteiger partial charge in [-0.3, -0.25) is 0 Å². The van der Waals surface area contributed by atoms with Gasteiger partial charge in [-0.2, -0.15) is 0 Å². The van der Waals surface area contributed by atoms with Gasteiger partial charge < -0.3 is 10.5 Å². The number of benzene rings is 1. The molecule has 0 saturated carbocycles. The van der Waals surface area contributed by atoms with Gasteiger partial charge in [-0.05, 0) is 30.2 Å². The van der Waals surface area contributed by atoms with E-state index < -0.39 is 0 Å². The molecule has 0 amide bonds. The van der Waals surface area contributed by atoms with Crippen LogP contribution in [0.15, 0.2) is 18.2 Å². The maximum absolute atomic E-state index is 12.9. The van der Waals surface area contributed by atoms with Gasteiger partial charge in [0.05, 0.1) is 6.61 Å². The molecule has 0 aliphatic carbocycles. The summed E-state index contributed by atoms with van der Waals surface area (Å²) in [4.78, 5) is 0. The fourth-order valence-electron chi connectivity index (χ4n) is 1.14. The van der Waals surface area contributed by atoms with Gasteiger partial charge >= 0.3 is 0 Å². The molecule has 0 heterocycles. The van der Waals surface area contributed by atoms with Crippen LogP contribution in [0.5, 0.6) is 0 Å². The van der Waals surface area contributed by atoms with Crippen molar-refractivity contribution in [1.82, 2.24) is 0 Å². The minimum Gasteiger partial charge on any atom is -0.377 e. The normalized spacial score (nSPS) is 10.4. The van der Waals surface area contributed by atoms with E-state index in [0.717, 1.165) is 11.1 Å². The van der Waals surface area contributed by atoms with E-state index in [9.17, 15) is 4.39 Å². The van der Waals surface area contributed by atoms with Crippen LogP contribution < -0.4 is 5.73 Å². The molecule has 0 saturated heterocycles. The SMILES string of the molecule is CCOCc1cc(F)cc(CN)c1. The van der Waals surface area contributed by atoms with E-state index in [1.165, 1.54) is 12.1 Å². The summed E-state index contributed by atoms with van der Waals surface area (Å²) in [5, 5.41) is 0. The predicted molar refractivity (Wildman–Crippen MR) is 49.6 cm³/mol. The Bertz CT molecular complexity index is 276. The van der Waals surface area contributed by atoms with Gasteiger partial charge in [0.1, 0.15) is 5.82 Å². The van der Waals surface area contributed by atoms with Gasteiger partial charge in [0.2, 0.25) is 0 Å². The van der Waals surface area contributed by atoms with Crippen LogP contribution in [0, 0.1) is 5.82 Å². The Hall–Kier alpha value is -0.930. The first-order chi connectivity index (χ1) is 6.26. The van der Waals surface area contributed by atoms with Crippen molar-refractivity contribution in [2.24, 2.45) is 5.73 Å². The van der Waals surface area contributed by atoms with E-state index >= 15 is 0 Å². The van der Waals surface area contributed by atoms with E-state index in [2.05, 4.69) is 0 Å². The highest BCUT2D eigenvalue weighted by atomic mass is 19.1. The molecule has 0 fully saturated rings. The third kappa shape index (κ3) is 3.13. The third-order valence-corrected chi connectivity index (χ3v) is 1.73. The maximum atomic E-state index is 12.9. The number of hydrogen-bond donors (Lipinski definition) is 1. The quantitative estimate of drug-likeness (QED) is 0.772. The molecule has 0 aliphatic heterocycles.